The van der Waals surface area contributed by atoms with Gasteiger partial charge in [-0.1, -0.05) is 13.0 Å². The zero-order valence-corrected chi connectivity index (χ0v) is 10.2. The van der Waals surface area contributed by atoms with E-state index in [0.717, 1.165) is 12.5 Å². The lowest BCUT2D eigenvalue weighted by Crippen LogP contribution is -2.43. The number of allylic oxidation sites excluding steroid dienone is 1. The first kappa shape index (κ1) is 12.7. The second-order valence-corrected chi connectivity index (χ2v) is 4.45. The number of rotatable bonds is 7. The van der Waals surface area contributed by atoms with Gasteiger partial charge >= 0.3 is 0 Å². The van der Waals surface area contributed by atoms with Gasteiger partial charge in [-0.15, -0.1) is 6.58 Å². The third kappa shape index (κ3) is 4.80. The Hall–Kier alpha value is -0.340. The van der Waals surface area contributed by atoms with E-state index in [1.165, 1.54) is 51.9 Å². The van der Waals surface area contributed by atoms with Crippen molar-refractivity contribution in [3.8, 4) is 0 Å². The molecule has 1 aliphatic rings. The van der Waals surface area contributed by atoms with Crippen LogP contribution < -0.4 is 5.32 Å². The summed E-state index contributed by atoms with van der Waals surface area (Å²) in [7, 11) is 0. The van der Waals surface area contributed by atoms with Crippen LogP contribution in [0.15, 0.2) is 12.7 Å². The molecule has 88 valence electrons. The van der Waals surface area contributed by atoms with Crippen LogP contribution in [0.25, 0.3) is 0 Å². The van der Waals surface area contributed by atoms with Crippen molar-refractivity contribution in [2.45, 2.75) is 45.1 Å². The SMILES string of the molecule is C=CCCCN(CCC)C1CCNCC1. The Kier molecular flexibility index (Phi) is 6.69. The summed E-state index contributed by atoms with van der Waals surface area (Å²) in [5.41, 5.74) is 0. The van der Waals surface area contributed by atoms with Crippen LogP contribution in [0.1, 0.15) is 39.0 Å². The van der Waals surface area contributed by atoms with E-state index in [2.05, 4.69) is 23.7 Å². The highest BCUT2D eigenvalue weighted by molar-refractivity contribution is 4.78. The molecule has 0 amide bonds. The Labute approximate surface area is 94.7 Å². The normalized spacial score (nSPS) is 18.3. The molecule has 0 bridgehead atoms. The number of hydrogen-bond acceptors (Lipinski definition) is 2. The van der Waals surface area contributed by atoms with Crippen LogP contribution >= 0.6 is 0 Å². The van der Waals surface area contributed by atoms with E-state index in [1.54, 1.807) is 0 Å². The summed E-state index contributed by atoms with van der Waals surface area (Å²) in [6.07, 6.45) is 8.39. The fourth-order valence-corrected chi connectivity index (χ4v) is 2.37. The molecular formula is C13H26N2. The van der Waals surface area contributed by atoms with E-state index in [4.69, 9.17) is 0 Å². The number of hydrogen-bond donors (Lipinski definition) is 1. The summed E-state index contributed by atoms with van der Waals surface area (Å²) in [4.78, 5) is 2.68. The molecule has 0 saturated carbocycles. The lowest BCUT2D eigenvalue weighted by molar-refractivity contribution is 0.160. The lowest BCUT2D eigenvalue weighted by Gasteiger charge is -2.34. The minimum atomic E-state index is 0.830. The molecule has 0 aromatic rings. The monoisotopic (exact) mass is 210 g/mol. The maximum Gasteiger partial charge on any atom is 0.0119 e. The fraction of sp³-hybridized carbons (Fsp3) is 0.846. The number of piperidine rings is 1. The quantitative estimate of drug-likeness (QED) is 0.513. The topological polar surface area (TPSA) is 15.3 Å². The van der Waals surface area contributed by atoms with E-state index in [9.17, 15) is 0 Å². The van der Waals surface area contributed by atoms with Gasteiger partial charge in [0.2, 0.25) is 0 Å². The molecule has 1 saturated heterocycles. The molecular weight excluding hydrogens is 184 g/mol. The maximum absolute atomic E-state index is 3.79. The van der Waals surface area contributed by atoms with Crippen LogP contribution in [0, 0.1) is 0 Å². The van der Waals surface area contributed by atoms with Crippen LogP contribution in [0.4, 0.5) is 0 Å². The summed E-state index contributed by atoms with van der Waals surface area (Å²) >= 11 is 0. The zero-order chi connectivity index (χ0) is 10.9. The molecule has 0 aliphatic carbocycles. The van der Waals surface area contributed by atoms with E-state index < -0.39 is 0 Å². The molecule has 2 nitrogen and oxygen atoms in total. The average molecular weight is 210 g/mol. The van der Waals surface area contributed by atoms with Crippen LogP contribution in [0.3, 0.4) is 0 Å². The second-order valence-electron chi connectivity index (χ2n) is 4.45. The van der Waals surface area contributed by atoms with Gasteiger partial charge in [0.1, 0.15) is 0 Å². The number of nitrogens with zero attached hydrogens (tertiary/aromatic N) is 1. The lowest BCUT2D eigenvalue weighted by atomic mass is 10.0. The van der Waals surface area contributed by atoms with E-state index in [1.807, 2.05) is 6.08 Å². The number of nitrogens with one attached hydrogen (secondary N) is 1. The molecule has 0 radical (unpaired) electrons. The number of unbranched alkanes of at least 4 members (excludes halogenated alkanes) is 1. The van der Waals surface area contributed by atoms with E-state index in [0.29, 0.717) is 0 Å². The fourth-order valence-electron chi connectivity index (χ4n) is 2.37. The third-order valence-electron chi connectivity index (χ3n) is 3.19. The molecule has 1 N–H and O–H groups in total. The van der Waals surface area contributed by atoms with Crippen molar-refractivity contribution in [1.29, 1.82) is 0 Å². The molecule has 0 spiro atoms. The van der Waals surface area contributed by atoms with Crippen molar-refractivity contribution >= 4 is 0 Å². The van der Waals surface area contributed by atoms with Crippen molar-refractivity contribution in [3.05, 3.63) is 12.7 Å². The van der Waals surface area contributed by atoms with Gasteiger partial charge in [0.15, 0.2) is 0 Å². The van der Waals surface area contributed by atoms with Crippen molar-refractivity contribution in [2.24, 2.45) is 0 Å². The van der Waals surface area contributed by atoms with Gasteiger partial charge in [-0.25, -0.2) is 0 Å². The van der Waals surface area contributed by atoms with Crippen molar-refractivity contribution in [3.63, 3.8) is 0 Å². The Balaban J connectivity index is 2.29. The first-order valence-electron chi connectivity index (χ1n) is 6.44. The minimum absolute atomic E-state index is 0.830. The highest BCUT2D eigenvalue weighted by atomic mass is 15.2. The molecule has 0 atom stereocenters. The zero-order valence-electron chi connectivity index (χ0n) is 10.2. The Morgan fingerprint density at radius 3 is 2.67 bits per heavy atom. The van der Waals surface area contributed by atoms with Crippen LogP contribution in [0.5, 0.6) is 0 Å². The predicted octanol–water partition coefficient (Wildman–Crippen LogP) is 2.42. The third-order valence-corrected chi connectivity index (χ3v) is 3.19. The van der Waals surface area contributed by atoms with E-state index >= 15 is 0 Å². The van der Waals surface area contributed by atoms with Crippen molar-refractivity contribution in [1.82, 2.24) is 10.2 Å². The molecule has 1 aliphatic heterocycles. The maximum atomic E-state index is 3.79. The molecule has 0 aromatic heterocycles. The Morgan fingerprint density at radius 2 is 2.07 bits per heavy atom. The van der Waals surface area contributed by atoms with Gasteiger partial charge in [-0.05, 0) is 58.3 Å². The summed E-state index contributed by atoms with van der Waals surface area (Å²) in [6, 6.07) is 0.830. The Morgan fingerprint density at radius 1 is 1.33 bits per heavy atom. The molecule has 0 aromatic carbocycles. The summed E-state index contributed by atoms with van der Waals surface area (Å²) in [6.45, 7) is 11.0. The summed E-state index contributed by atoms with van der Waals surface area (Å²) in [5.74, 6) is 0. The smallest absolute Gasteiger partial charge is 0.0119 e. The molecule has 1 fully saturated rings. The van der Waals surface area contributed by atoms with Crippen molar-refractivity contribution < 1.29 is 0 Å². The molecule has 2 heteroatoms. The standard InChI is InChI=1S/C13H26N2/c1-3-5-6-12-15(11-4-2)13-7-9-14-10-8-13/h3,13-14H,1,4-12H2,2H3. The van der Waals surface area contributed by atoms with Gasteiger partial charge in [0.25, 0.3) is 0 Å². The van der Waals surface area contributed by atoms with Gasteiger partial charge in [0.05, 0.1) is 0 Å². The average Bonchev–Trinajstić information content (AvgIpc) is 2.29. The molecule has 1 rings (SSSR count). The first-order valence-corrected chi connectivity index (χ1v) is 6.44. The summed E-state index contributed by atoms with van der Waals surface area (Å²) < 4.78 is 0. The molecule has 15 heavy (non-hydrogen) atoms. The highest BCUT2D eigenvalue weighted by Gasteiger charge is 2.19. The van der Waals surface area contributed by atoms with E-state index in [-0.39, 0.29) is 0 Å². The van der Waals surface area contributed by atoms with Crippen LogP contribution in [0.2, 0.25) is 0 Å². The van der Waals surface area contributed by atoms with Gasteiger partial charge in [0, 0.05) is 6.04 Å². The Bertz CT molecular complexity index is 162. The minimum Gasteiger partial charge on any atom is -0.317 e. The molecule has 1 heterocycles. The molecule has 0 unspecified atom stereocenters. The van der Waals surface area contributed by atoms with Gasteiger partial charge in [-0.3, -0.25) is 0 Å². The van der Waals surface area contributed by atoms with Gasteiger partial charge in [-0.2, -0.15) is 0 Å². The summed E-state index contributed by atoms with van der Waals surface area (Å²) in [5, 5.41) is 3.44. The van der Waals surface area contributed by atoms with Crippen LogP contribution in [-0.4, -0.2) is 37.1 Å². The van der Waals surface area contributed by atoms with Crippen molar-refractivity contribution in [2.75, 3.05) is 26.2 Å². The van der Waals surface area contributed by atoms with Crippen LogP contribution in [-0.2, 0) is 0 Å². The van der Waals surface area contributed by atoms with Gasteiger partial charge < -0.3 is 10.2 Å². The highest BCUT2D eigenvalue weighted by Crippen LogP contribution is 2.13. The predicted molar refractivity (Wildman–Crippen MR) is 67.2 cm³/mol. The first-order chi connectivity index (χ1) is 7.38. The second kappa shape index (κ2) is 7.89. The largest absolute Gasteiger partial charge is 0.317 e.